The van der Waals surface area contributed by atoms with Crippen molar-refractivity contribution >= 4 is 65.4 Å². The van der Waals surface area contributed by atoms with Crippen molar-refractivity contribution < 1.29 is 0 Å². The van der Waals surface area contributed by atoms with Crippen LogP contribution >= 0.6 is 0 Å². The van der Waals surface area contributed by atoms with Crippen LogP contribution < -0.4 is 5.73 Å². The zero-order chi connectivity index (χ0) is 27.2. The van der Waals surface area contributed by atoms with Crippen molar-refractivity contribution in [3.8, 4) is 0 Å². The number of rotatable bonds is 8. The minimum Gasteiger partial charge on any atom is -0.340 e. The lowest BCUT2D eigenvalue weighted by Gasteiger charge is -2.12. The van der Waals surface area contributed by atoms with Gasteiger partial charge in [-0.15, -0.1) is 0 Å². The predicted molar refractivity (Wildman–Crippen MR) is 163 cm³/mol. The summed E-state index contributed by atoms with van der Waals surface area (Å²) in [5, 5.41) is 14.7. The van der Waals surface area contributed by atoms with Crippen molar-refractivity contribution in [1.29, 1.82) is 0 Å². The summed E-state index contributed by atoms with van der Waals surface area (Å²) >= 11 is 0. The summed E-state index contributed by atoms with van der Waals surface area (Å²) in [4.78, 5) is 6.04. The Labute approximate surface area is 228 Å². The molecule has 3 heterocycles. The summed E-state index contributed by atoms with van der Waals surface area (Å²) in [5.74, 6) is 0. The van der Waals surface area contributed by atoms with E-state index in [9.17, 15) is 0 Å². The first-order chi connectivity index (χ1) is 19.8. The van der Waals surface area contributed by atoms with Crippen LogP contribution in [-0.2, 0) is 19.6 Å². The molecule has 2 N–H and O–H groups in total. The first-order valence-electron chi connectivity index (χ1n) is 13.4. The number of nitrogens with zero attached hydrogens (tertiary/aromatic N) is 9. The van der Waals surface area contributed by atoms with Gasteiger partial charge in [0.1, 0.15) is 0 Å². The molecule has 0 amide bonds. The molecular formula is C30H26N10. The average molecular weight is 527 g/mol. The maximum absolute atomic E-state index is 9.05. The molecule has 0 aliphatic heterocycles. The number of aromatic nitrogens is 3. The highest BCUT2D eigenvalue weighted by Gasteiger charge is 2.26. The Balaban J connectivity index is 1.84. The lowest BCUT2D eigenvalue weighted by Crippen LogP contribution is -2.09. The second-order valence-electron chi connectivity index (χ2n) is 9.87. The largest absolute Gasteiger partial charge is 0.340 e. The molecule has 0 fully saturated rings. The van der Waals surface area contributed by atoms with Crippen molar-refractivity contribution in [1.82, 2.24) is 13.7 Å². The summed E-state index contributed by atoms with van der Waals surface area (Å²) in [6, 6.07) is 25.4. The number of nitrogens with two attached hydrogens (primary N) is 1. The van der Waals surface area contributed by atoms with Crippen LogP contribution in [0.5, 0.6) is 0 Å². The Bertz CT molecular complexity index is 2150. The van der Waals surface area contributed by atoms with Gasteiger partial charge in [0.15, 0.2) is 0 Å². The predicted octanol–water partition coefficient (Wildman–Crippen LogP) is 7.59. The lowest BCUT2D eigenvalue weighted by molar-refractivity contribution is 0.750. The Morgan fingerprint density at radius 2 is 0.900 bits per heavy atom. The highest BCUT2D eigenvalue weighted by atomic mass is 15.2. The third-order valence-electron chi connectivity index (χ3n) is 7.95. The molecule has 0 unspecified atom stereocenters. The van der Waals surface area contributed by atoms with Gasteiger partial charge in [-0.25, -0.2) is 0 Å². The van der Waals surface area contributed by atoms with E-state index in [0.29, 0.717) is 39.3 Å². The van der Waals surface area contributed by atoms with Gasteiger partial charge in [0.2, 0.25) is 0 Å². The molecule has 0 spiro atoms. The molecule has 7 rings (SSSR count). The van der Waals surface area contributed by atoms with Gasteiger partial charge in [-0.3, -0.25) is 0 Å². The molecule has 0 saturated carbocycles. The van der Waals surface area contributed by atoms with Gasteiger partial charge in [0, 0.05) is 98.0 Å². The molecule has 196 valence electrons. The number of fused-ring (bicyclic) bond motifs is 12. The minimum atomic E-state index is 0.338. The van der Waals surface area contributed by atoms with E-state index in [2.05, 4.69) is 107 Å². The zero-order valence-electron chi connectivity index (χ0n) is 21.8. The first-order valence-corrected chi connectivity index (χ1v) is 13.4. The first kappa shape index (κ1) is 23.9. The van der Waals surface area contributed by atoms with E-state index >= 15 is 0 Å². The van der Waals surface area contributed by atoms with Gasteiger partial charge in [-0.1, -0.05) is 64.8 Å². The molecule has 0 bridgehead atoms. The lowest BCUT2D eigenvalue weighted by atomic mass is 10.0. The number of hydrogen-bond acceptors (Lipinski definition) is 3. The van der Waals surface area contributed by atoms with E-state index in [0.717, 1.165) is 54.6 Å². The molecule has 3 aromatic heterocycles. The second-order valence-corrected chi connectivity index (χ2v) is 9.87. The second kappa shape index (κ2) is 9.55. The quantitative estimate of drug-likeness (QED) is 0.122. The summed E-state index contributed by atoms with van der Waals surface area (Å²) in [7, 11) is 0. The molecular weight excluding hydrogens is 500 g/mol. The summed E-state index contributed by atoms with van der Waals surface area (Å²) in [6.45, 7) is 2.94. The van der Waals surface area contributed by atoms with Crippen LogP contribution in [0.1, 0.15) is 0 Å². The molecule has 7 aromatic rings. The normalized spacial score (nSPS) is 11.7. The molecule has 4 aromatic carbocycles. The van der Waals surface area contributed by atoms with Crippen LogP contribution in [-0.4, -0.2) is 33.3 Å². The standard InChI is InChI=1S/C30H26N10/c31-13-16-38-22-10-4-1-7-19(22)25-28(38)26-20-8-2-5-11-23(20)39(17-14-34-36-32)30(26)27-21-9-3-6-12-24(21)40(29(25)27)18-15-35-37-33/h1-12H,13-18,31H2. The molecule has 0 aliphatic carbocycles. The molecule has 0 atom stereocenters. The maximum atomic E-state index is 9.05. The molecule has 10 heteroatoms. The van der Waals surface area contributed by atoms with Crippen LogP contribution in [0, 0.1) is 0 Å². The number of azide groups is 2. The fourth-order valence-electron chi connectivity index (χ4n) is 6.61. The van der Waals surface area contributed by atoms with E-state index in [4.69, 9.17) is 16.8 Å². The van der Waals surface area contributed by atoms with Crippen molar-refractivity contribution in [2.75, 3.05) is 19.6 Å². The van der Waals surface area contributed by atoms with Crippen molar-refractivity contribution in [2.24, 2.45) is 16.0 Å². The van der Waals surface area contributed by atoms with Gasteiger partial charge in [-0.2, -0.15) is 0 Å². The Morgan fingerprint density at radius 1 is 0.550 bits per heavy atom. The van der Waals surface area contributed by atoms with Crippen LogP contribution in [0.15, 0.2) is 83.0 Å². The molecule has 0 radical (unpaired) electrons. The summed E-state index contributed by atoms with van der Waals surface area (Å²) in [5.41, 5.74) is 31.0. The van der Waals surface area contributed by atoms with E-state index in [1.807, 2.05) is 0 Å². The van der Waals surface area contributed by atoms with Crippen molar-refractivity contribution in [3.63, 3.8) is 0 Å². The highest BCUT2D eigenvalue weighted by Crippen LogP contribution is 2.47. The van der Waals surface area contributed by atoms with E-state index < -0.39 is 0 Å². The molecule has 0 aliphatic rings. The minimum absolute atomic E-state index is 0.338. The third kappa shape index (κ3) is 3.28. The highest BCUT2D eigenvalue weighted by molar-refractivity contribution is 6.39. The Kier molecular flexibility index (Phi) is 5.72. The number of benzene rings is 4. The van der Waals surface area contributed by atoms with E-state index in [1.165, 1.54) is 10.8 Å². The van der Waals surface area contributed by atoms with E-state index in [-0.39, 0.29) is 0 Å². The summed E-state index contributed by atoms with van der Waals surface area (Å²) < 4.78 is 6.96. The van der Waals surface area contributed by atoms with Crippen molar-refractivity contribution in [2.45, 2.75) is 19.6 Å². The maximum Gasteiger partial charge on any atom is 0.0615 e. The molecule has 0 saturated heterocycles. The SMILES string of the molecule is [N-]=[N+]=NCCn1c2ccccc2c2c3c(c4ccccc4n3CCN)c3c(c4ccccc4n3CCN=[N+]=[N-])c21. The number of para-hydroxylation sites is 3. The van der Waals surface area contributed by atoms with Gasteiger partial charge < -0.3 is 19.4 Å². The van der Waals surface area contributed by atoms with Gasteiger partial charge >= 0.3 is 0 Å². The smallest absolute Gasteiger partial charge is 0.0615 e. The zero-order valence-corrected chi connectivity index (χ0v) is 21.8. The van der Waals surface area contributed by atoms with Crippen LogP contribution in [0.2, 0.25) is 0 Å². The van der Waals surface area contributed by atoms with E-state index in [1.54, 1.807) is 0 Å². The monoisotopic (exact) mass is 526 g/mol. The average Bonchev–Trinajstić information content (AvgIpc) is 3.60. The van der Waals surface area contributed by atoms with Gasteiger partial charge in [0.25, 0.3) is 0 Å². The molecule has 40 heavy (non-hydrogen) atoms. The topological polar surface area (TPSA) is 138 Å². The fraction of sp³-hybridized carbons (Fsp3) is 0.200. The summed E-state index contributed by atoms with van der Waals surface area (Å²) in [6.07, 6.45) is 0. The third-order valence-corrected chi connectivity index (χ3v) is 7.95. The van der Waals surface area contributed by atoms with Crippen molar-refractivity contribution in [3.05, 3.63) is 93.7 Å². The van der Waals surface area contributed by atoms with Crippen LogP contribution in [0.4, 0.5) is 0 Å². The fourth-order valence-corrected chi connectivity index (χ4v) is 6.61. The number of hydrogen-bond donors (Lipinski definition) is 1. The Morgan fingerprint density at radius 3 is 1.25 bits per heavy atom. The van der Waals surface area contributed by atoms with Gasteiger partial charge in [-0.05, 0) is 29.3 Å². The van der Waals surface area contributed by atoms with Gasteiger partial charge in [0.05, 0.1) is 16.6 Å². The van der Waals surface area contributed by atoms with Crippen LogP contribution in [0.3, 0.4) is 0 Å². The Hall–Kier alpha value is -5.14. The van der Waals surface area contributed by atoms with Crippen LogP contribution in [0.25, 0.3) is 86.3 Å². The molecule has 10 nitrogen and oxygen atoms in total.